The number of hydrogen-bond acceptors (Lipinski definition) is 6. The molecule has 0 radical (unpaired) electrons. The van der Waals surface area contributed by atoms with Gasteiger partial charge in [-0.25, -0.2) is 0 Å². The lowest BCUT2D eigenvalue weighted by Crippen LogP contribution is -2.58. The van der Waals surface area contributed by atoms with Gasteiger partial charge in [-0.1, -0.05) is 18.2 Å². The van der Waals surface area contributed by atoms with E-state index in [1.807, 2.05) is 42.2 Å². The van der Waals surface area contributed by atoms with Crippen molar-refractivity contribution < 1.29 is 19.4 Å². The molecule has 0 aromatic heterocycles. The van der Waals surface area contributed by atoms with Crippen molar-refractivity contribution in [1.29, 1.82) is 0 Å². The van der Waals surface area contributed by atoms with Crippen LogP contribution in [0.2, 0.25) is 0 Å². The molecule has 2 saturated heterocycles. The third-order valence-electron chi connectivity index (χ3n) is 6.08. The largest absolute Gasteiger partial charge is 0.496 e. The fourth-order valence-electron chi connectivity index (χ4n) is 4.00. The molecule has 1 aromatic rings. The number of nitrogens with zero attached hydrogens (tertiary/aromatic N) is 3. The molecule has 2 aliphatic rings. The Labute approximate surface area is 173 Å². The average molecular weight is 404 g/mol. The molecule has 7 heteroatoms. The van der Waals surface area contributed by atoms with Crippen LogP contribution in [0.1, 0.15) is 17.3 Å². The summed E-state index contributed by atoms with van der Waals surface area (Å²) < 4.78 is 11.3. The quantitative estimate of drug-likeness (QED) is 0.688. The van der Waals surface area contributed by atoms with Crippen LogP contribution in [0.25, 0.3) is 0 Å². The predicted octanol–water partition coefficient (Wildman–Crippen LogP) is 1.09. The lowest BCUT2D eigenvalue weighted by Gasteiger charge is -2.44. The SMILES string of the molecule is C=CC(C)(CO)N1CCOC(CN2CCN(C(=O)c3ccccc3OC)CC2)C1. The second-order valence-electron chi connectivity index (χ2n) is 7.95. The molecule has 2 aliphatic heterocycles. The average Bonchev–Trinajstić information content (AvgIpc) is 2.78. The van der Waals surface area contributed by atoms with Gasteiger partial charge < -0.3 is 19.5 Å². The van der Waals surface area contributed by atoms with Crippen molar-refractivity contribution in [3.8, 4) is 5.75 Å². The van der Waals surface area contributed by atoms with E-state index >= 15 is 0 Å². The van der Waals surface area contributed by atoms with Gasteiger partial charge in [0.2, 0.25) is 0 Å². The van der Waals surface area contributed by atoms with Crippen molar-refractivity contribution in [3.05, 3.63) is 42.5 Å². The molecule has 2 fully saturated rings. The first kappa shape index (κ1) is 21.8. The smallest absolute Gasteiger partial charge is 0.257 e. The van der Waals surface area contributed by atoms with E-state index in [1.165, 1.54) is 0 Å². The lowest BCUT2D eigenvalue weighted by atomic mass is 10.00. The minimum Gasteiger partial charge on any atom is -0.496 e. The minimum atomic E-state index is -0.415. The van der Waals surface area contributed by atoms with Gasteiger partial charge in [-0.05, 0) is 19.1 Å². The highest BCUT2D eigenvalue weighted by molar-refractivity contribution is 5.97. The van der Waals surface area contributed by atoms with Crippen molar-refractivity contribution >= 4 is 5.91 Å². The number of carbonyl (C=O) groups is 1. The zero-order valence-corrected chi connectivity index (χ0v) is 17.5. The molecule has 1 amide bonds. The van der Waals surface area contributed by atoms with Crippen LogP contribution in [0.15, 0.2) is 36.9 Å². The number of benzene rings is 1. The zero-order chi connectivity index (χ0) is 20.9. The van der Waals surface area contributed by atoms with Gasteiger partial charge in [-0.15, -0.1) is 6.58 Å². The van der Waals surface area contributed by atoms with E-state index < -0.39 is 5.54 Å². The van der Waals surface area contributed by atoms with E-state index in [9.17, 15) is 9.90 Å². The maximum atomic E-state index is 12.9. The Bertz CT molecular complexity index is 705. The molecule has 3 rings (SSSR count). The standard InChI is InChI=1S/C22H33N3O4/c1-4-22(2,17-26)25-13-14-29-18(16-25)15-23-9-11-24(12-10-23)21(27)19-7-5-6-8-20(19)28-3/h4-8,18,26H,1,9-17H2,2-3H3. The van der Waals surface area contributed by atoms with Gasteiger partial charge in [0.15, 0.2) is 0 Å². The molecule has 2 unspecified atom stereocenters. The number of rotatable bonds is 7. The molecule has 0 bridgehead atoms. The van der Waals surface area contributed by atoms with Crippen LogP contribution in [0.3, 0.4) is 0 Å². The first-order valence-electron chi connectivity index (χ1n) is 10.3. The van der Waals surface area contributed by atoms with Crippen LogP contribution in [0.5, 0.6) is 5.75 Å². The van der Waals surface area contributed by atoms with E-state index in [2.05, 4.69) is 16.4 Å². The number of ether oxygens (including phenoxy) is 2. The molecule has 0 spiro atoms. The molecule has 2 atom stereocenters. The molecule has 0 saturated carbocycles. The fraction of sp³-hybridized carbons (Fsp3) is 0.591. The number of amides is 1. The van der Waals surface area contributed by atoms with Crippen molar-refractivity contribution in [3.63, 3.8) is 0 Å². The van der Waals surface area contributed by atoms with Gasteiger partial charge in [0.1, 0.15) is 5.75 Å². The second kappa shape index (κ2) is 9.71. The van der Waals surface area contributed by atoms with E-state index in [-0.39, 0.29) is 18.6 Å². The molecule has 160 valence electrons. The normalized spacial score (nSPS) is 23.4. The predicted molar refractivity (Wildman–Crippen MR) is 112 cm³/mol. The molecule has 7 nitrogen and oxygen atoms in total. The first-order valence-corrected chi connectivity index (χ1v) is 10.3. The van der Waals surface area contributed by atoms with Gasteiger partial charge >= 0.3 is 0 Å². The van der Waals surface area contributed by atoms with E-state index in [1.54, 1.807) is 7.11 Å². The Balaban J connectivity index is 1.52. The van der Waals surface area contributed by atoms with Crippen LogP contribution in [-0.2, 0) is 4.74 Å². The van der Waals surface area contributed by atoms with Crippen LogP contribution in [0, 0.1) is 0 Å². The van der Waals surface area contributed by atoms with Crippen LogP contribution in [0.4, 0.5) is 0 Å². The molecule has 29 heavy (non-hydrogen) atoms. The molecule has 2 heterocycles. The Hall–Kier alpha value is -1.93. The maximum absolute atomic E-state index is 12.9. The Morgan fingerprint density at radius 2 is 2.03 bits per heavy atom. The number of para-hydroxylation sites is 1. The van der Waals surface area contributed by atoms with Crippen molar-refractivity contribution in [1.82, 2.24) is 14.7 Å². The summed E-state index contributed by atoms with van der Waals surface area (Å²) >= 11 is 0. The minimum absolute atomic E-state index is 0.0203. The van der Waals surface area contributed by atoms with Crippen LogP contribution >= 0.6 is 0 Å². The number of aliphatic hydroxyl groups excluding tert-OH is 1. The maximum Gasteiger partial charge on any atom is 0.257 e. The molecule has 0 aliphatic carbocycles. The topological polar surface area (TPSA) is 65.5 Å². The van der Waals surface area contributed by atoms with E-state index in [0.717, 1.165) is 32.7 Å². The molecule has 1 N–H and O–H groups in total. The Kier molecular flexibility index (Phi) is 7.29. The summed E-state index contributed by atoms with van der Waals surface area (Å²) in [5, 5.41) is 9.75. The van der Waals surface area contributed by atoms with Crippen LogP contribution in [-0.4, -0.2) is 103 Å². The van der Waals surface area contributed by atoms with Crippen molar-refractivity contribution in [2.75, 3.05) is 66.1 Å². The Morgan fingerprint density at radius 1 is 1.31 bits per heavy atom. The Morgan fingerprint density at radius 3 is 2.69 bits per heavy atom. The second-order valence-corrected chi connectivity index (χ2v) is 7.95. The third kappa shape index (κ3) is 4.98. The summed E-state index contributed by atoms with van der Waals surface area (Å²) in [5.74, 6) is 0.636. The highest BCUT2D eigenvalue weighted by Crippen LogP contribution is 2.22. The summed E-state index contributed by atoms with van der Waals surface area (Å²) in [6.07, 6.45) is 1.91. The zero-order valence-electron chi connectivity index (χ0n) is 17.5. The van der Waals surface area contributed by atoms with Gasteiger partial charge in [0.05, 0.1) is 37.5 Å². The van der Waals surface area contributed by atoms with E-state index in [4.69, 9.17) is 9.47 Å². The highest BCUT2D eigenvalue weighted by Gasteiger charge is 2.34. The molecule has 1 aromatic carbocycles. The third-order valence-corrected chi connectivity index (χ3v) is 6.08. The monoisotopic (exact) mass is 403 g/mol. The number of carbonyl (C=O) groups excluding carboxylic acids is 1. The highest BCUT2D eigenvalue weighted by atomic mass is 16.5. The van der Waals surface area contributed by atoms with E-state index in [0.29, 0.717) is 31.0 Å². The van der Waals surface area contributed by atoms with Gasteiger partial charge in [0.25, 0.3) is 5.91 Å². The van der Waals surface area contributed by atoms with Gasteiger partial charge in [-0.2, -0.15) is 0 Å². The summed E-state index contributed by atoms with van der Waals surface area (Å²) in [4.78, 5) is 19.3. The summed E-state index contributed by atoms with van der Waals surface area (Å²) in [5.41, 5.74) is 0.199. The lowest BCUT2D eigenvalue weighted by molar-refractivity contribution is -0.0773. The number of aliphatic hydroxyl groups is 1. The van der Waals surface area contributed by atoms with Gasteiger partial charge in [0, 0.05) is 45.8 Å². The van der Waals surface area contributed by atoms with Crippen molar-refractivity contribution in [2.24, 2.45) is 0 Å². The number of morpholine rings is 1. The number of piperazine rings is 1. The summed E-state index contributed by atoms with van der Waals surface area (Å²) in [6.45, 7) is 12.0. The van der Waals surface area contributed by atoms with Crippen LogP contribution < -0.4 is 4.74 Å². The summed E-state index contributed by atoms with van der Waals surface area (Å²) in [7, 11) is 1.59. The fourth-order valence-corrected chi connectivity index (χ4v) is 4.00. The van der Waals surface area contributed by atoms with Crippen molar-refractivity contribution in [2.45, 2.75) is 18.6 Å². The van der Waals surface area contributed by atoms with Gasteiger partial charge in [-0.3, -0.25) is 14.6 Å². The number of hydrogen-bond donors (Lipinski definition) is 1. The molecular formula is C22H33N3O4. The summed E-state index contributed by atoms with van der Waals surface area (Å²) in [6, 6.07) is 7.37. The number of methoxy groups -OCH3 is 1. The molecular weight excluding hydrogens is 370 g/mol. The first-order chi connectivity index (χ1) is 14.0.